The Morgan fingerprint density at radius 2 is 0.690 bits per heavy atom. The van der Waals surface area contributed by atoms with Gasteiger partial charge in [-0.15, -0.1) is 0 Å². The van der Waals surface area contributed by atoms with E-state index >= 15 is 0 Å². The van der Waals surface area contributed by atoms with Gasteiger partial charge >= 0.3 is 97.9 Å². The van der Waals surface area contributed by atoms with Gasteiger partial charge < -0.3 is 0 Å². The SMILES string of the molecule is CP(C)(C)(c1ccccc1)c1ccccc1.c1ccc(Pc2ccccc2)cc1. The molecule has 0 radical (unpaired) electrons. The minimum atomic E-state index is -1.93. The second kappa shape index (κ2) is 9.49. The van der Waals surface area contributed by atoms with Gasteiger partial charge in [0.2, 0.25) is 0 Å². The van der Waals surface area contributed by atoms with Gasteiger partial charge in [-0.1, -0.05) is 69.2 Å². The van der Waals surface area contributed by atoms with Gasteiger partial charge in [0.25, 0.3) is 0 Å². The third-order valence-corrected chi connectivity index (χ3v) is 10.6. The molecule has 0 aliphatic rings. The molecule has 0 saturated carbocycles. The predicted octanol–water partition coefficient (Wildman–Crippen LogP) is 5.40. The smallest absolute Gasteiger partial charge is 0.0226 e. The monoisotopic (exact) mass is 416 g/mol. The standard InChI is InChI=1S/C15H19P.C12H11P/c1-16(2,3,14-10-6-4-7-11-14)15-12-8-5-9-13-15;1-3-7-11(8-4-1)13-12-9-5-2-6-10-12/h4-13H,1-3H3;1-10,13H. The van der Waals surface area contributed by atoms with E-state index in [4.69, 9.17) is 0 Å². The first-order chi connectivity index (χ1) is 13.9. The van der Waals surface area contributed by atoms with Crippen LogP contribution in [-0.2, 0) is 0 Å². The number of benzene rings is 4. The molecule has 0 fully saturated rings. The molecule has 0 N–H and O–H groups in total. The maximum absolute atomic E-state index is 2.41. The van der Waals surface area contributed by atoms with Crippen molar-refractivity contribution in [2.75, 3.05) is 20.0 Å². The molecule has 4 rings (SSSR count). The summed E-state index contributed by atoms with van der Waals surface area (Å²) in [5.74, 6) is 0. The topological polar surface area (TPSA) is 0 Å². The van der Waals surface area contributed by atoms with Crippen LogP contribution in [0.2, 0.25) is 0 Å². The molecule has 2 heteroatoms. The van der Waals surface area contributed by atoms with Crippen LogP contribution in [0.25, 0.3) is 0 Å². The summed E-state index contributed by atoms with van der Waals surface area (Å²) in [7, 11) is 0.777. The van der Waals surface area contributed by atoms with E-state index in [0.29, 0.717) is 0 Å². The van der Waals surface area contributed by atoms with Crippen LogP contribution < -0.4 is 21.2 Å². The van der Waals surface area contributed by atoms with E-state index in [-0.39, 0.29) is 0 Å². The van der Waals surface area contributed by atoms with Gasteiger partial charge in [-0.25, -0.2) is 0 Å². The fraction of sp³-hybridized carbons (Fsp3) is 0.111. The molecule has 148 valence electrons. The molecule has 0 unspecified atom stereocenters. The molecule has 0 atom stereocenters. The van der Waals surface area contributed by atoms with Crippen molar-refractivity contribution >= 4 is 36.4 Å². The van der Waals surface area contributed by atoms with Crippen molar-refractivity contribution in [3.05, 3.63) is 121 Å². The quantitative estimate of drug-likeness (QED) is 0.391. The first-order valence-electron chi connectivity index (χ1n) is 9.93. The summed E-state index contributed by atoms with van der Waals surface area (Å²) in [5, 5.41) is 5.74. The van der Waals surface area contributed by atoms with Gasteiger partial charge in [0, 0.05) is 0 Å². The molecular weight excluding hydrogens is 386 g/mol. The van der Waals surface area contributed by atoms with Crippen LogP contribution in [0.3, 0.4) is 0 Å². The fourth-order valence-corrected chi connectivity index (χ4v) is 7.04. The van der Waals surface area contributed by atoms with Gasteiger partial charge in [-0.05, 0) is 10.6 Å². The molecule has 0 amide bonds. The van der Waals surface area contributed by atoms with Crippen molar-refractivity contribution in [2.24, 2.45) is 0 Å². The van der Waals surface area contributed by atoms with Crippen LogP contribution in [0.1, 0.15) is 0 Å². The average Bonchev–Trinajstić information content (AvgIpc) is 2.77. The van der Waals surface area contributed by atoms with Gasteiger partial charge in [-0.2, -0.15) is 0 Å². The minimum Gasteiger partial charge on any atom is -0.0622 e. The van der Waals surface area contributed by atoms with Crippen molar-refractivity contribution in [1.29, 1.82) is 0 Å². The third-order valence-electron chi connectivity index (χ3n) is 5.16. The second-order valence-electron chi connectivity index (χ2n) is 8.32. The summed E-state index contributed by atoms with van der Waals surface area (Å²) >= 11 is 0. The summed E-state index contributed by atoms with van der Waals surface area (Å²) < 4.78 is 0. The van der Waals surface area contributed by atoms with Gasteiger partial charge in [-0.3, -0.25) is 0 Å². The maximum Gasteiger partial charge on any atom is -0.0226 e. The molecule has 0 saturated heterocycles. The summed E-state index contributed by atoms with van der Waals surface area (Å²) in [4.78, 5) is 0. The number of hydrogen-bond donors (Lipinski definition) is 0. The van der Waals surface area contributed by atoms with Crippen LogP contribution >= 0.6 is 15.2 Å². The van der Waals surface area contributed by atoms with Crippen molar-refractivity contribution in [1.82, 2.24) is 0 Å². The van der Waals surface area contributed by atoms with Gasteiger partial charge in [0.1, 0.15) is 0 Å². The summed E-state index contributed by atoms with van der Waals surface area (Å²) in [6, 6.07) is 42.9. The van der Waals surface area contributed by atoms with E-state index in [9.17, 15) is 0 Å². The predicted molar refractivity (Wildman–Crippen MR) is 137 cm³/mol. The summed E-state index contributed by atoms with van der Waals surface area (Å²) in [6.07, 6.45) is 0. The van der Waals surface area contributed by atoms with Crippen LogP contribution in [0.5, 0.6) is 0 Å². The van der Waals surface area contributed by atoms with E-state index in [1.165, 1.54) is 21.2 Å². The van der Waals surface area contributed by atoms with E-state index in [1.807, 2.05) is 0 Å². The molecule has 0 nitrogen and oxygen atoms in total. The van der Waals surface area contributed by atoms with Crippen LogP contribution in [-0.4, -0.2) is 20.0 Å². The van der Waals surface area contributed by atoms with E-state index in [0.717, 1.165) is 8.58 Å². The molecule has 4 aromatic rings. The Morgan fingerprint density at radius 3 is 1.00 bits per heavy atom. The van der Waals surface area contributed by atoms with Crippen molar-refractivity contribution in [3.63, 3.8) is 0 Å². The molecule has 0 aromatic heterocycles. The zero-order valence-corrected chi connectivity index (χ0v) is 19.4. The first-order valence-corrected chi connectivity index (χ1v) is 14.5. The number of rotatable bonds is 4. The maximum atomic E-state index is 2.41. The van der Waals surface area contributed by atoms with Crippen LogP contribution in [0.15, 0.2) is 121 Å². The molecule has 0 spiro atoms. The van der Waals surface area contributed by atoms with Crippen LogP contribution in [0.4, 0.5) is 0 Å². The van der Waals surface area contributed by atoms with Crippen molar-refractivity contribution in [3.8, 4) is 0 Å². The third kappa shape index (κ3) is 5.86. The normalized spacial score (nSPS) is 12.2. The molecule has 0 aliphatic carbocycles. The molecule has 29 heavy (non-hydrogen) atoms. The molecule has 4 aromatic carbocycles. The summed E-state index contributed by atoms with van der Waals surface area (Å²) in [6.45, 7) is 5.31. The second-order valence-corrected chi connectivity index (χ2v) is 16.4. The first kappa shape index (κ1) is 21.4. The fourth-order valence-electron chi connectivity index (χ4n) is 3.26. The molecule has 0 aliphatic heterocycles. The zero-order valence-electron chi connectivity index (χ0n) is 17.5. The number of hydrogen-bond acceptors (Lipinski definition) is 0. The van der Waals surface area contributed by atoms with E-state index in [1.54, 1.807) is 0 Å². The Labute approximate surface area is 177 Å². The Morgan fingerprint density at radius 1 is 0.414 bits per heavy atom. The van der Waals surface area contributed by atoms with Crippen LogP contribution in [0, 0.1) is 0 Å². The van der Waals surface area contributed by atoms with Crippen molar-refractivity contribution in [2.45, 2.75) is 0 Å². The van der Waals surface area contributed by atoms with E-state index < -0.39 is 6.60 Å². The Kier molecular flexibility index (Phi) is 7.02. The molecule has 0 bridgehead atoms. The zero-order chi connectivity index (χ0) is 20.6. The van der Waals surface area contributed by atoms with E-state index in [2.05, 4.69) is 141 Å². The minimum absolute atomic E-state index is 0.777. The average molecular weight is 416 g/mol. The Hall–Kier alpha value is -2.26. The molecular formula is C27H30P2. The largest absolute Gasteiger partial charge is 0.0622 e. The van der Waals surface area contributed by atoms with Crippen molar-refractivity contribution < 1.29 is 0 Å². The molecule has 0 heterocycles. The van der Waals surface area contributed by atoms with Gasteiger partial charge in [0.15, 0.2) is 0 Å². The van der Waals surface area contributed by atoms with Gasteiger partial charge in [0.05, 0.1) is 0 Å². The Balaban J connectivity index is 0.000000169. The summed E-state index contributed by atoms with van der Waals surface area (Å²) in [5.41, 5.74) is 0. The Bertz CT molecular complexity index is 906.